The molecule has 1 unspecified atom stereocenters. The van der Waals surface area contributed by atoms with Crippen molar-refractivity contribution in [2.75, 3.05) is 33.2 Å². The van der Waals surface area contributed by atoms with Gasteiger partial charge in [-0.3, -0.25) is 4.99 Å². The number of hydrogen-bond donors (Lipinski definition) is 2. The van der Waals surface area contributed by atoms with Crippen molar-refractivity contribution in [1.82, 2.24) is 15.5 Å². The summed E-state index contributed by atoms with van der Waals surface area (Å²) in [5, 5.41) is 6.91. The summed E-state index contributed by atoms with van der Waals surface area (Å²) in [5.74, 6) is 2.71. The third-order valence-electron chi connectivity index (χ3n) is 4.42. The highest BCUT2D eigenvalue weighted by atomic mass is 127. The molecule has 0 aromatic rings. The van der Waals surface area contributed by atoms with Crippen molar-refractivity contribution < 1.29 is 0 Å². The summed E-state index contributed by atoms with van der Waals surface area (Å²) in [6, 6.07) is 0.933. The molecule has 5 heteroatoms. The van der Waals surface area contributed by atoms with E-state index in [4.69, 9.17) is 0 Å². The Kier molecular flexibility index (Phi) is 5.74. The molecule has 3 rings (SSSR count). The lowest BCUT2D eigenvalue weighted by Gasteiger charge is -2.17. The molecule has 3 aliphatic rings. The summed E-state index contributed by atoms with van der Waals surface area (Å²) in [4.78, 5) is 6.97. The Hall–Kier alpha value is -0.0400. The molecule has 1 aliphatic heterocycles. The quantitative estimate of drug-likeness (QED) is 0.434. The van der Waals surface area contributed by atoms with Crippen molar-refractivity contribution in [1.29, 1.82) is 0 Å². The highest BCUT2D eigenvalue weighted by Crippen LogP contribution is 2.31. The minimum Gasteiger partial charge on any atom is -0.356 e. The summed E-state index contributed by atoms with van der Waals surface area (Å²) in [6.45, 7) is 4.77. The molecule has 0 radical (unpaired) electrons. The predicted octanol–water partition coefficient (Wildman–Crippen LogP) is 1.66. The molecule has 0 bridgehead atoms. The topological polar surface area (TPSA) is 39.7 Å². The van der Waals surface area contributed by atoms with Gasteiger partial charge in [0.2, 0.25) is 0 Å². The number of likely N-dealkylation sites (tertiary alicyclic amines) is 1. The first-order valence-electron chi connectivity index (χ1n) is 7.53. The van der Waals surface area contributed by atoms with Gasteiger partial charge in [-0.25, -0.2) is 0 Å². The zero-order valence-electron chi connectivity index (χ0n) is 11.9. The van der Waals surface area contributed by atoms with E-state index in [-0.39, 0.29) is 24.0 Å². The Morgan fingerprint density at radius 2 is 1.74 bits per heavy atom. The van der Waals surface area contributed by atoms with Gasteiger partial charge in [0.15, 0.2) is 5.96 Å². The van der Waals surface area contributed by atoms with E-state index in [1.807, 2.05) is 7.05 Å². The van der Waals surface area contributed by atoms with Crippen molar-refractivity contribution in [3.63, 3.8) is 0 Å². The lowest BCUT2D eigenvalue weighted by Crippen LogP contribution is -2.41. The maximum atomic E-state index is 4.30. The molecule has 4 nitrogen and oxygen atoms in total. The lowest BCUT2D eigenvalue weighted by molar-refractivity contribution is 0.314. The van der Waals surface area contributed by atoms with Gasteiger partial charge in [-0.2, -0.15) is 0 Å². The van der Waals surface area contributed by atoms with Gasteiger partial charge in [-0.05, 0) is 50.5 Å². The van der Waals surface area contributed by atoms with E-state index >= 15 is 0 Å². The second-order valence-corrected chi connectivity index (χ2v) is 6.16. The van der Waals surface area contributed by atoms with Gasteiger partial charge in [-0.1, -0.05) is 0 Å². The minimum absolute atomic E-state index is 0. The highest BCUT2D eigenvalue weighted by Gasteiger charge is 2.34. The van der Waals surface area contributed by atoms with Crippen molar-refractivity contribution in [3.05, 3.63) is 0 Å². The van der Waals surface area contributed by atoms with Gasteiger partial charge >= 0.3 is 0 Å². The fourth-order valence-electron chi connectivity index (χ4n) is 2.83. The summed E-state index contributed by atoms with van der Waals surface area (Å²) in [6.07, 6.45) is 7.00. The van der Waals surface area contributed by atoms with Crippen LogP contribution < -0.4 is 10.6 Å². The second kappa shape index (κ2) is 7.11. The van der Waals surface area contributed by atoms with Crippen LogP contribution in [0.1, 0.15) is 32.1 Å². The summed E-state index contributed by atoms with van der Waals surface area (Å²) in [5.41, 5.74) is 0. The van der Waals surface area contributed by atoms with Crippen LogP contribution in [0.3, 0.4) is 0 Å². The molecule has 2 aliphatic carbocycles. The van der Waals surface area contributed by atoms with Crippen LogP contribution in [0.4, 0.5) is 0 Å². The van der Waals surface area contributed by atoms with E-state index in [1.165, 1.54) is 45.2 Å². The summed E-state index contributed by atoms with van der Waals surface area (Å²) >= 11 is 0. The van der Waals surface area contributed by atoms with Crippen LogP contribution in [0, 0.1) is 11.8 Å². The zero-order valence-corrected chi connectivity index (χ0v) is 14.2. The normalized spacial score (nSPS) is 28.1. The van der Waals surface area contributed by atoms with Crippen LogP contribution in [0.5, 0.6) is 0 Å². The smallest absolute Gasteiger partial charge is 0.190 e. The average Bonchev–Trinajstić information content (AvgIpc) is 3.30. The fraction of sp³-hybridized carbons (Fsp3) is 0.929. The molecule has 0 aromatic carbocycles. The minimum atomic E-state index is 0. The first kappa shape index (κ1) is 15.4. The molecular weight excluding hydrogens is 351 g/mol. The van der Waals surface area contributed by atoms with E-state index in [2.05, 4.69) is 20.5 Å². The standard InChI is InChI=1S/C14H26N4.HI/c1-15-14(16-8-11-2-3-11)17-9-12-6-7-18(10-12)13-4-5-13;/h11-13H,2-10H2,1H3,(H2,15,16,17);1H. The van der Waals surface area contributed by atoms with E-state index in [1.54, 1.807) is 0 Å². The number of hydrogen-bond acceptors (Lipinski definition) is 2. The molecule has 110 valence electrons. The van der Waals surface area contributed by atoms with Crippen molar-refractivity contribution in [2.45, 2.75) is 38.1 Å². The summed E-state index contributed by atoms with van der Waals surface area (Å²) in [7, 11) is 1.87. The van der Waals surface area contributed by atoms with Crippen LogP contribution in [0.25, 0.3) is 0 Å². The molecule has 0 spiro atoms. The van der Waals surface area contributed by atoms with Crippen molar-refractivity contribution in [3.8, 4) is 0 Å². The predicted molar refractivity (Wildman–Crippen MR) is 90.2 cm³/mol. The zero-order chi connectivity index (χ0) is 12.4. The van der Waals surface area contributed by atoms with Crippen LogP contribution >= 0.6 is 24.0 Å². The first-order chi connectivity index (χ1) is 8.85. The van der Waals surface area contributed by atoms with Crippen LogP contribution in [-0.4, -0.2) is 50.1 Å². The Balaban J connectivity index is 0.00000133. The van der Waals surface area contributed by atoms with E-state index in [0.717, 1.165) is 36.9 Å². The second-order valence-electron chi connectivity index (χ2n) is 6.16. The third-order valence-corrected chi connectivity index (χ3v) is 4.42. The molecule has 2 saturated carbocycles. The van der Waals surface area contributed by atoms with E-state index in [9.17, 15) is 0 Å². The fourth-order valence-corrected chi connectivity index (χ4v) is 2.83. The van der Waals surface area contributed by atoms with Crippen LogP contribution in [0.15, 0.2) is 4.99 Å². The summed E-state index contributed by atoms with van der Waals surface area (Å²) < 4.78 is 0. The number of aliphatic imine (C=N–C) groups is 1. The molecule has 0 aromatic heterocycles. The van der Waals surface area contributed by atoms with E-state index < -0.39 is 0 Å². The first-order valence-corrected chi connectivity index (χ1v) is 7.53. The molecule has 3 fully saturated rings. The lowest BCUT2D eigenvalue weighted by atomic mass is 10.1. The van der Waals surface area contributed by atoms with Crippen LogP contribution in [-0.2, 0) is 0 Å². The van der Waals surface area contributed by atoms with E-state index in [0.29, 0.717) is 0 Å². The number of rotatable bonds is 5. The van der Waals surface area contributed by atoms with Gasteiger partial charge < -0.3 is 15.5 Å². The molecule has 1 heterocycles. The highest BCUT2D eigenvalue weighted by molar-refractivity contribution is 14.0. The van der Waals surface area contributed by atoms with Gasteiger partial charge in [0, 0.05) is 32.7 Å². The Morgan fingerprint density at radius 1 is 1.05 bits per heavy atom. The average molecular weight is 378 g/mol. The molecule has 19 heavy (non-hydrogen) atoms. The van der Waals surface area contributed by atoms with Crippen molar-refractivity contribution in [2.24, 2.45) is 16.8 Å². The van der Waals surface area contributed by atoms with Gasteiger partial charge in [0.25, 0.3) is 0 Å². The third kappa shape index (κ3) is 4.77. The molecular formula is C14H27IN4. The molecule has 1 saturated heterocycles. The number of nitrogens with one attached hydrogen (secondary N) is 2. The van der Waals surface area contributed by atoms with Gasteiger partial charge in [0.1, 0.15) is 0 Å². The Labute approximate surface area is 133 Å². The molecule has 2 N–H and O–H groups in total. The van der Waals surface area contributed by atoms with Crippen molar-refractivity contribution >= 4 is 29.9 Å². The van der Waals surface area contributed by atoms with Gasteiger partial charge in [0.05, 0.1) is 0 Å². The Morgan fingerprint density at radius 3 is 2.32 bits per heavy atom. The number of halogens is 1. The largest absolute Gasteiger partial charge is 0.356 e. The number of guanidine groups is 1. The SMILES string of the molecule is CN=C(NCC1CC1)NCC1CCN(C2CC2)C1.I. The Bertz CT molecular complexity index is 313. The maximum absolute atomic E-state index is 4.30. The van der Waals surface area contributed by atoms with Gasteiger partial charge in [-0.15, -0.1) is 24.0 Å². The maximum Gasteiger partial charge on any atom is 0.190 e. The molecule has 0 amide bonds. The van der Waals surface area contributed by atoms with Crippen LogP contribution in [0.2, 0.25) is 0 Å². The number of nitrogens with zero attached hydrogens (tertiary/aromatic N) is 2. The molecule has 1 atom stereocenters. The monoisotopic (exact) mass is 378 g/mol.